The lowest BCUT2D eigenvalue weighted by molar-refractivity contribution is -0.122. The summed E-state index contributed by atoms with van der Waals surface area (Å²) in [5.74, 6) is -0.451. The van der Waals surface area contributed by atoms with Gasteiger partial charge in [-0.2, -0.15) is 0 Å². The second-order valence-electron chi connectivity index (χ2n) is 8.38. The van der Waals surface area contributed by atoms with Crippen molar-refractivity contribution in [2.75, 3.05) is 18.6 Å². The molecule has 38 heavy (non-hydrogen) atoms. The Hall–Kier alpha value is -4.70. The molecule has 1 aliphatic heterocycles. The maximum atomic E-state index is 13.6. The highest BCUT2D eigenvalue weighted by molar-refractivity contribution is 7.80. The number of rotatable bonds is 7. The molecule has 0 radical (unpaired) electrons. The Morgan fingerprint density at radius 1 is 1.11 bits per heavy atom. The molecular formula is C28H23N3O6S. The SMILES string of the molecule is CCOc1cccc(N2C(=O)/C(=C/c3cn(Cc4ccc(C(=O)OC)o4)c4ccccc34)C(=O)NC2=S)c1. The van der Waals surface area contributed by atoms with Crippen molar-refractivity contribution in [1.82, 2.24) is 9.88 Å². The fourth-order valence-corrected chi connectivity index (χ4v) is 4.57. The van der Waals surface area contributed by atoms with E-state index in [1.807, 2.05) is 42.0 Å². The van der Waals surface area contributed by atoms with E-state index in [1.165, 1.54) is 12.0 Å². The van der Waals surface area contributed by atoms with E-state index >= 15 is 0 Å². The van der Waals surface area contributed by atoms with Crippen LogP contribution in [0.2, 0.25) is 0 Å². The first-order valence-corrected chi connectivity index (χ1v) is 12.2. The first-order chi connectivity index (χ1) is 18.4. The van der Waals surface area contributed by atoms with Crippen molar-refractivity contribution in [1.29, 1.82) is 0 Å². The van der Waals surface area contributed by atoms with Gasteiger partial charge in [0.25, 0.3) is 11.8 Å². The van der Waals surface area contributed by atoms with Crippen LogP contribution in [0.15, 0.2) is 76.9 Å². The van der Waals surface area contributed by atoms with Crippen LogP contribution in [0.1, 0.15) is 28.8 Å². The number of furan rings is 1. The average Bonchev–Trinajstić information content (AvgIpc) is 3.52. The molecule has 0 aliphatic carbocycles. The standard InChI is InChI=1S/C28H23N3O6S/c1-3-36-19-8-6-7-18(14-19)31-26(33)22(25(32)29-28(31)38)13-17-15-30(23-10-5-4-9-21(17)23)16-20-11-12-24(37-20)27(34)35-2/h4-15H,3,16H2,1-2H3,(H,29,32,38)/b22-13+. The number of benzene rings is 2. The van der Waals surface area contributed by atoms with Crippen LogP contribution in [0.4, 0.5) is 5.69 Å². The van der Waals surface area contributed by atoms with Crippen molar-refractivity contribution in [3.8, 4) is 5.75 Å². The molecule has 1 N–H and O–H groups in total. The van der Waals surface area contributed by atoms with Gasteiger partial charge in [0.05, 0.1) is 25.9 Å². The minimum atomic E-state index is -0.581. The fraction of sp³-hybridized carbons (Fsp3) is 0.143. The Balaban J connectivity index is 1.52. The number of methoxy groups -OCH3 is 1. The Labute approximate surface area is 223 Å². The Morgan fingerprint density at radius 3 is 2.71 bits per heavy atom. The smallest absolute Gasteiger partial charge is 0.373 e. The van der Waals surface area contributed by atoms with Gasteiger partial charge in [0.1, 0.15) is 17.1 Å². The lowest BCUT2D eigenvalue weighted by Gasteiger charge is -2.29. The molecular weight excluding hydrogens is 506 g/mol. The maximum Gasteiger partial charge on any atom is 0.373 e. The Kier molecular flexibility index (Phi) is 6.80. The molecule has 2 aromatic carbocycles. The second-order valence-corrected chi connectivity index (χ2v) is 8.76. The fourth-order valence-electron chi connectivity index (χ4n) is 4.29. The van der Waals surface area contributed by atoms with Crippen LogP contribution >= 0.6 is 12.2 Å². The molecule has 9 nitrogen and oxygen atoms in total. The van der Waals surface area contributed by atoms with Gasteiger partial charge >= 0.3 is 5.97 Å². The molecule has 0 bridgehead atoms. The quantitative estimate of drug-likeness (QED) is 0.165. The molecule has 1 fully saturated rings. The number of amides is 2. The number of fused-ring (bicyclic) bond motifs is 1. The zero-order chi connectivity index (χ0) is 26.8. The first kappa shape index (κ1) is 25.0. The van der Waals surface area contributed by atoms with Crippen LogP contribution in [0.3, 0.4) is 0 Å². The predicted molar refractivity (Wildman–Crippen MR) is 145 cm³/mol. The summed E-state index contributed by atoms with van der Waals surface area (Å²) < 4.78 is 17.8. The summed E-state index contributed by atoms with van der Waals surface area (Å²) in [4.78, 5) is 39.5. The normalized spacial score (nSPS) is 14.7. The summed E-state index contributed by atoms with van der Waals surface area (Å²) >= 11 is 5.33. The maximum absolute atomic E-state index is 13.6. The Morgan fingerprint density at radius 2 is 1.92 bits per heavy atom. The van der Waals surface area contributed by atoms with Crippen molar-refractivity contribution in [3.63, 3.8) is 0 Å². The summed E-state index contributed by atoms with van der Waals surface area (Å²) in [5, 5.41) is 3.44. The number of carbonyl (C=O) groups is 3. The van der Waals surface area contributed by atoms with E-state index < -0.39 is 17.8 Å². The van der Waals surface area contributed by atoms with Gasteiger partial charge in [-0.15, -0.1) is 0 Å². The van der Waals surface area contributed by atoms with Crippen molar-refractivity contribution >= 4 is 57.8 Å². The highest BCUT2D eigenvalue weighted by Gasteiger charge is 2.35. The van der Waals surface area contributed by atoms with E-state index in [9.17, 15) is 14.4 Å². The number of nitrogens with zero attached hydrogens (tertiary/aromatic N) is 2. The third-order valence-corrected chi connectivity index (χ3v) is 6.27. The second kappa shape index (κ2) is 10.3. The number of hydrogen-bond acceptors (Lipinski definition) is 7. The average molecular weight is 530 g/mol. The summed E-state index contributed by atoms with van der Waals surface area (Å²) in [6, 6.07) is 17.8. The molecule has 2 amide bonds. The van der Waals surface area contributed by atoms with E-state index in [1.54, 1.807) is 42.5 Å². The molecule has 0 unspecified atom stereocenters. The van der Waals surface area contributed by atoms with Crippen LogP contribution in [-0.2, 0) is 20.9 Å². The van der Waals surface area contributed by atoms with Crippen molar-refractivity contribution < 1.29 is 28.3 Å². The van der Waals surface area contributed by atoms with Crippen LogP contribution in [-0.4, -0.2) is 41.2 Å². The molecule has 3 heterocycles. The number of thiocarbonyl (C=S) groups is 1. The lowest BCUT2D eigenvalue weighted by Crippen LogP contribution is -2.54. The third-order valence-electron chi connectivity index (χ3n) is 5.98. The van der Waals surface area contributed by atoms with Gasteiger partial charge in [-0.05, 0) is 55.5 Å². The minimum Gasteiger partial charge on any atom is -0.494 e. The van der Waals surface area contributed by atoms with E-state index in [2.05, 4.69) is 5.32 Å². The molecule has 5 rings (SSSR count). The zero-order valence-corrected chi connectivity index (χ0v) is 21.4. The van der Waals surface area contributed by atoms with Gasteiger partial charge in [-0.1, -0.05) is 24.3 Å². The summed E-state index contributed by atoms with van der Waals surface area (Å²) in [6.07, 6.45) is 3.38. The number of aromatic nitrogens is 1. The van der Waals surface area contributed by atoms with Gasteiger partial charge in [0.2, 0.25) is 5.76 Å². The molecule has 1 saturated heterocycles. The minimum absolute atomic E-state index is 0.00698. The number of anilines is 1. The summed E-state index contributed by atoms with van der Waals surface area (Å²) in [6.45, 7) is 2.65. The van der Waals surface area contributed by atoms with Crippen LogP contribution < -0.4 is 15.0 Å². The molecule has 0 spiro atoms. The number of para-hydroxylation sites is 1. The lowest BCUT2D eigenvalue weighted by atomic mass is 10.1. The van der Waals surface area contributed by atoms with Crippen LogP contribution in [0, 0.1) is 0 Å². The number of ether oxygens (including phenoxy) is 2. The van der Waals surface area contributed by atoms with E-state index in [0.29, 0.717) is 35.9 Å². The van der Waals surface area contributed by atoms with E-state index in [0.717, 1.165) is 10.9 Å². The number of hydrogen-bond donors (Lipinski definition) is 1. The van der Waals surface area contributed by atoms with Gasteiger partial charge < -0.3 is 18.5 Å². The predicted octanol–water partition coefficient (Wildman–Crippen LogP) is 4.30. The highest BCUT2D eigenvalue weighted by atomic mass is 32.1. The Bertz CT molecular complexity index is 1620. The monoisotopic (exact) mass is 529 g/mol. The van der Waals surface area contributed by atoms with Gasteiger partial charge in [0.15, 0.2) is 5.11 Å². The van der Waals surface area contributed by atoms with E-state index in [4.69, 9.17) is 26.1 Å². The number of esters is 1. The highest BCUT2D eigenvalue weighted by Crippen LogP contribution is 2.29. The topological polar surface area (TPSA) is 103 Å². The van der Waals surface area contributed by atoms with Gasteiger partial charge in [0, 0.05) is 28.7 Å². The molecule has 10 heteroatoms. The van der Waals surface area contributed by atoms with Crippen LogP contribution in [0.5, 0.6) is 5.75 Å². The van der Waals surface area contributed by atoms with Crippen molar-refractivity contribution in [3.05, 3.63) is 89.5 Å². The molecule has 4 aromatic rings. The summed E-state index contributed by atoms with van der Waals surface area (Å²) in [5.41, 5.74) is 1.94. The molecule has 0 saturated carbocycles. The largest absolute Gasteiger partial charge is 0.494 e. The third kappa shape index (κ3) is 4.69. The number of carbonyl (C=O) groups excluding carboxylic acids is 3. The van der Waals surface area contributed by atoms with Crippen molar-refractivity contribution in [2.45, 2.75) is 13.5 Å². The van der Waals surface area contributed by atoms with Gasteiger partial charge in [-0.25, -0.2) is 4.79 Å². The van der Waals surface area contributed by atoms with Gasteiger partial charge in [-0.3, -0.25) is 19.8 Å². The van der Waals surface area contributed by atoms with Crippen LogP contribution in [0.25, 0.3) is 17.0 Å². The number of nitrogens with one attached hydrogen (secondary N) is 1. The summed E-state index contributed by atoms with van der Waals surface area (Å²) in [7, 11) is 1.29. The van der Waals surface area contributed by atoms with Crippen molar-refractivity contribution in [2.24, 2.45) is 0 Å². The molecule has 2 aromatic heterocycles. The molecule has 1 aliphatic rings. The van der Waals surface area contributed by atoms with E-state index in [-0.39, 0.29) is 16.4 Å². The molecule has 192 valence electrons. The zero-order valence-electron chi connectivity index (χ0n) is 20.6. The first-order valence-electron chi connectivity index (χ1n) is 11.8. The molecule has 0 atom stereocenters.